The molecule has 0 unspecified atom stereocenters. The molecule has 3 nitrogen and oxygen atoms in total. The summed E-state index contributed by atoms with van der Waals surface area (Å²) in [5.41, 5.74) is 2.53. The molecular formula is C18H13FN2OS. The lowest BCUT2D eigenvalue weighted by Gasteiger charge is -2.15. The van der Waals surface area contributed by atoms with Gasteiger partial charge in [-0.2, -0.15) is 0 Å². The minimum atomic E-state index is -0.303. The smallest absolute Gasteiger partial charge is 0.234 e. The predicted molar refractivity (Wildman–Crippen MR) is 89.0 cm³/mol. The standard InChI is InChI=1S/C18H13FN2OS/c19-14-8-6-13(7-9-14)17-20-16(12-4-2-1-3-5-12)18-21(17)15(22)10-11-23-18/h1-9H,10-11H2. The summed E-state index contributed by atoms with van der Waals surface area (Å²) in [4.78, 5) is 17.1. The molecule has 0 aliphatic carbocycles. The van der Waals surface area contributed by atoms with Gasteiger partial charge in [-0.05, 0) is 24.3 Å². The topological polar surface area (TPSA) is 34.9 Å². The number of benzene rings is 2. The predicted octanol–water partition coefficient (Wildman–Crippen LogP) is 4.49. The van der Waals surface area contributed by atoms with E-state index in [1.807, 2.05) is 30.3 Å². The third kappa shape index (κ3) is 2.47. The number of carbonyl (C=O) groups excluding carboxylic acids is 1. The van der Waals surface area contributed by atoms with Crippen LogP contribution in [0.15, 0.2) is 59.6 Å². The number of halogens is 1. The zero-order chi connectivity index (χ0) is 15.8. The number of hydrogen-bond acceptors (Lipinski definition) is 3. The second kappa shape index (κ2) is 5.66. The first-order valence-corrected chi connectivity index (χ1v) is 8.33. The van der Waals surface area contributed by atoms with Crippen molar-refractivity contribution in [2.45, 2.75) is 11.4 Å². The van der Waals surface area contributed by atoms with Crippen molar-refractivity contribution >= 4 is 17.7 Å². The molecule has 2 aromatic carbocycles. The summed E-state index contributed by atoms with van der Waals surface area (Å²) < 4.78 is 14.9. The van der Waals surface area contributed by atoms with Crippen LogP contribution in [0.3, 0.4) is 0 Å². The van der Waals surface area contributed by atoms with Gasteiger partial charge in [-0.3, -0.25) is 9.36 Å². The van der Waals surface area contributed by atoms with Crippen LogP contribution >= 0.6 is 11.8 Å². The van der Waals surface area contributed by atoms with Crippen LogP contribution in [0.4, 0.5) is 4.39 Å². The first-order valence-electron chi connectivity index (χ1n) is 7.34. The van der Waals surface area contributed by atoms with Crippen LogP contribution in [0.2, 0.25) is 0 Å². The van der Waals surface area contributed by atoms with Crippen molar-refractivity contribution in [3.63, 3.8) is 0 Å². The maximum absolute atomic E-state index is 13.2. The summed E-state index contributed by atoms with van der Waals surface area (Å²) in [6.45, 7) is 0. The summed E-state index contributed by atoms with van der Waals surface area (Å²) in [6.07, 6.45) is 0.483. The maximum atomic E-state index is 13.2. The molecule has 0 fully saturated rings. The number of aromatic nitrogens is 2. The van der Waals surface area contributed by atoms with Crippen LogP contribution in [0.5, 0.6) is 0 Å². The average molecular weight is 324 g/mol. The van der Waals surface area contributed by atoms with Crippen LogP contribution in [-0.4, -0.2) is 21.2 Å². The Morgan fingerprint density at radius 2 is 1.74 bits per heavy atom. The van der Waals surface area contributed by atoms with E-state index in [1.165, 1.54) is 12.1 Å². The minimum Gasteiger partial charge on any atom is -0.274 e. The zero-order valence-electron chi connectivity index (χ0n) is 12.2. The number of hydrogen-bond donors (Lipinski definition) is 0. The van der Waals surface area contributed by atoms with Crippen LogP contribution in [0.1, 0.15) is 11.2 Å². The highest BCUT2D eigenvalue weighted by Crippen LogP contribution is 2.38. The lowest BCUT2D eigenvalue weighted by Crippen LogP contribution is -2.18. The molecule has 2 heterocycles. The average Bonchev–Trinajstić information content (AvgIpc) is 2.97. The van der Waals surface area contributed by atoms with E-state index in [0.29, 0.717) is 12.2 Å². The Balaban J connectivity index is 1.95. The lowest BCUT2D eigenvalue weighted by atomic mass is 10.2. The van der Waals surface area contributed by atoms with E-state index in [4.69, 9.17) is 4.98 Å². The Morgan fingerprint density at radius 3 is 2.48 bits per heavy atom. The van der Waals surface area contributed by atoms with Gasteiger partial charge in [-0.15, -0.1) is 11.8 Å². The molecule has 0 spiro atoms. The molecule has 1 aliphatic heterocycles. The quantitative estimate of drug-likeness (QED) is 0.696. The molecule has 1 aliphatic rings. The highest BCUT2D eigenvalue weighted by atomic mass is 32.2. The molecule has 4 rings (SSSR count). The summed E-state index contributed by atoms with van der Waals surface area (Å²) in [7, 11) is 0. The molecule has 0 N–H and O–H groups in total. The normalized spacial score (nSPS) is 13.9. The van der Waals surface area contributed by atoms with E-state index >= 15 is 0 Å². The van der Waals surface area contributed by atoms with Crippen molar-refractivity contribution in [3.8, 4) is 22.6 Å². The Morgan fingerprint density at radius 1 is 1.00 bits per heavy atom. The fraction of sp³-hybridized carbons (Fsp3) is 0.111. The SMILES string of the molecule is O=C1CCSc2c(-c3ccccc3)nc(-c3ccc(F)cc3)n21. The van der Waals surface area contributed by atoms with Gasteiger partial charge in [0, 0.05) is 23.3 Å². The molecule has 1 aromatic heterocycles. The Kier molecular flexibility index (Phi) is 3.50. The van der Waals surface area contributed by atoms with Gasteiger partial charge in [0.15, 0.2) is 0 Å². The van der Waals surface area contributed by atoms with Crippen molar-refractivity contribution in [1.82, 2.24) is 9.55 Å². The number of rotatable bonds is 2. The molecule has 23 heavy (non-hydrogen) atoms. The van der Waals surface area contributed by atoms with Gasteiger partial charge < -0.3 is 0 Å². The van der Waals surface area contributed by atoms with Crippen LogP contribution in [0, 0.1) is 5.82 Å². The summed E-state index contributed by atoms with van der Waals surface area (Å²) in [6, 6.07) is 15.9. The van der Waals surface area contributed by atoms with Crippen molar-refractivity contribution in [2.24, 2.45) is 0 Å². The molecule has 0 amide bonds. The highest BCUT2D eigenvalue weighted by molar-refractivity contribution is 7.99. The van der Waals surface area contributed by atoms with Crippen molar-refractivity contribution in [2.75, 3.05) is 5.75 Å². The third-order valence-corrected chi connectivity index (χ3v) is 4.85. The van der Waals surface area contributed by atoms with Gasteiger partial charge >= 0.3 is 0 Å². The number of thioether (sulfide) groups is 1. The fourth-order valence-corrected chi connectivity index (χ4v) is 3.78. The number of nitrogens with zero attached hydrogens (tertiary/aromatic N) is 2. The van der Waals surface area contributed by atoms with Crippen molar-refractivity contribution in [3.05, 3.63) is 60.4 Å². The summed E-state index contributed by atoms with van der Waals surface area (Å²) >= 11 is 1.64. The summed E-state index contributed by atoms with van der Waals surface area (Å²) in [5, 5.41) is 0.867. The Bertz CT molecular complexity index is 872. The molecule has 5 heteroatoms. The number of carbonyl (C=O) groups is 1. The third-order valence-electron chi connectivity index (χ3n) is 3.79. The number of imidazole rings is 1. The molecule has 0 bridgehead atoms. The van der Waals surface area contributed by atoms with E-state index in [9.17, 15) is 9.18 Å². The monoisotopic (exact) mass is 324 g/mol. The zero-order valence-corrected chi connectivity index (χ0v) is 13.0. The Hall–Kier alpha value is -2.40. The molecular weight excluding hydrogens is 311 g/mol. The first kappa shape index (κ1) is 14.2. The van der Waals surface area contributed by atoms with E-state index in [2.05, 4.69) is 0 Å². The lowest BCUT2D eigenvalue weighted by molar-refractivity contribution is 0.0899. The van der Waals surface area contributed by atoms with Crippen molar-refractivity contribution < 1.29 is 9.18 Å². The molecule has 0 saturated carbocycles. The summed E-state index contributed by atoms with van der Waals surface area (Å²) in [5.74, 6) is 1.07. The molecule has 114 valence electrons. The number of fused-ring (bicyclic) bond motifs is 1. The van der Waals surface area contributed by atoms with Crippen LogP contribution < -0.4 is 0 Å². The largest absolute Gasteiger partial charge is 0.274 e. The van der Waals surface area contributed by atoms with E-state index in [-0.39, 0.29) is 11.7 Å². The van der Waals surface area contributed by atoms with Gasteiger partial charge in [-0.1, -0.05) is 30.3 Å². The maximum Gasteiger partial charge on any atom is 0.234 e. The van der Waals surface area contributed by atoms with E-state index in [1.54, 1.807) is 28.5 Å². The molecule has 0 radical (unpaired) electrons. The van der Waals surface area contributed by atoms with E-state index < -0.39 is 0 Å². The Labute approximate surface area is 137 Å². The van der Waals surface area contributed by atoms with Gasteiger partial charge in [0.25, 0.3) is 0 Å². The van der Waals surface area contributed by atoms with Gasteiger partial charge in [-0.25, -0.2) is 9.37 Å². The fourth-order valence-electron chi connectivity index (χ4n) is 2.69. The second-order valence-corrected chi connectivity index (χ2v) is 6.37. The van der Waals surface area contributed by atoms with Gasteiger partial charge in [0.1, 0.15) is 22.4 Å². The van der Waals surface area contributed by atoms with E-state index in [0.717, 1.165) is 27.6 Å². The van der Waals surface area contributed by atoms with Gasteiger partial charge in [0.2, 0.25) is 5.91 Å². The molecule has 3 aromatic rings. The minimum absolute atomic E-state index is 0.0350. The van der Waals surface area contributed by atoms with Gasteiger partial charge in [0.05, 0.1) is 0 Å². The second-order valence-electron chi connectivity index (χ2n) is 5.29. The van der Waals surface area contributed by atoms with Crippen LogP contribution in [-0.2, 0) is 0 Å². The van der Waals surface area contributed by atoms with Crippen molar-refractivity contribution in [1.29, 1.82) is 0 Å². The molecule has 0 saturated heterocycles. The molecule has 0 atom stereocenters. The highest BCUT2D eigenvalue weighted by Gasteiger charge is 2.27. The van der Waals surface area contributed by atoms with Crippen LogP contribution in [0.25, 0.3) is 22.6 Å². The first-order chi connectivity index (χ1) is 11.2.